The smallest absolute Gasteiger partial charge is 0.191 e. The number of nitrogens with zero attached hydrogens (tertiary/aromatic N) is 4. The highest BCUT2D eigenvalue weighted by atomic mass is 127. The first-order chi connectivity index (χ1) is 14.7. The van der Waals surface area contributed by atoms with Crippen molar-refractivity contribution in [2.45, 2.75) is 52.1 Å². The largest absolute Gasteiger partial charge is 0.379 e. The van der Waals surface area contributed by atoms with Gasteiger partial charge in [0.15, 0.2) is 5.96 Å². The Balaban J connectivity index is 0.00000341. The molecule has 2 fully saturated rings. The Bertz CT molecular complexity index is 657. The normalized spacial score (nSPS) is 18.7. The Morgan fingerprint density at radius 3 is 2.48 bits per heavy atom. The van der Waals surface area contributed by atoms with Crippen molar-refractivity contribution in [3.05, 3.63) is 23.9 Å². The number of aromatic nitrogens is 1. The molecule has 7 nitrogen and oxygen atoms in total. The molecule has 2 aliphatic rings. The van der Waals surface area contributed by atoms with E-state index in [9.17, 15) is 0 Å². The third kappa shape index (κ3) is 7.75. The summed E-state index contributed by atoms with van der Waals surface area (Å²) in [4.78, 5) is 14.0. The van der Waals surface area contributed by atoms with Crippen molar-refractivity contribution in [3.8, 4) is 0 Å². The Labute approximate surface area is 205 Å². The maximum atomic E-state index is 5.57. The Morgan fingerprint density at radius 2 is 1.84 bits per heavy atom. The molecular weight excluding hydrogens is 503 g/mol. The molecule has 0 amide bonds. The highest BCUT2D eigenvalue weighted by Crippen LogP contribution is 2.20. The van der Waals surface area contributed by atoms with Crippen molar-refractivity contribution in [2.75, 3.05) is 57.9 Å². The van der Waals surface area contributed by atoms with Crippen molar-refractivity contribution in [3.63, 3.8) is 0 Å². The number of ether oxygens (including phenoxy) is 1. The first-order valence-electron chi connectivity index (χ1n) is 11.7. The van der Waals surface area contributed by atoms with Gasteiger partial charge in [-0.25, -0.2) is 4.98 Å². The summed E-state index contributed by atoms with van der Waals surface area (Å²) in [6, 6.07) is 4.79. The summed E-state index contributed by atoms with van der Waals surface area (Å²) in [5.74, 6) is 2.63. The molecule has 1 unspecified atom stereocenters. The monoisotopic (exact) mass is 544 g/mol. The van der Waals surface area contributed by atoms with E-state index in [1.807, 2.05) is 13.2 Å². The number of hydrogen-bond donors (Lipinski definition) is 2. The van der Waals surface area contributed by atoms with E-state index in [0.717, 1.165) is 64.3 Å². The van der Waals surface area contributed by atoms with Gasteiger partial charge in [0.1, 0.15) is 5.82 Å². The van der Waals surface area contributed by atoms with Gasteiger partial charge in [0, 0.05) is 58.6 Å². The fourth-order valence-electron chi connectivity index (χ4n) is 4.63. The molecule has 2 aliphatic heterocycles. The predicted molar refractivity (Wildman–Crippen MR) is 140 cm³/mol. The number of nitrogens with one attached hydrogen (secondary N) is 2. The number of morpholine rings is 1. The molecule has 31 heavy (non-hydrogen) atoms. The van der Waals surface area contributed by atoms with Gasteiger partial charge >= 0.3 is 0 Å². The van der Waals surface area contributed by atoms with Crippen LogP contribution in [0.25, 0.3) is 0 Å². The third-order valence-corrected chi connectivity index (χ3v) is 6.51. The second-order valence-electron chi connectivity index (χ2n) is 8.32. The van der Waals surface area contributed by atoms with Crippen LogP contribution in [0, 0.1) is 5.92 Å². The number of pyridine rings is 1. The van der Waals surface area contributed by atoms with Gasteiger partial charge in [0.2, 0.25) is 0 Å². The van der Waals surface area contributed by atoms with Crippen molar-refractivity contribution in [2.24, 2.45) is 10.9 Å². The molecule has 0 aliphatic carbocycles. The lowest BCUT2D eigenvalue weighted by Crippen LogP contribution is -2.53. The second kappa shape index (κ2) is 14.1. The van der Waals surface area contributed by atoms with Crippen LogP contribution in [0.5, 0.6) is 0 Å². The first-order valence-corrected chi connectivity index (χ1v) is 11.7. The summed E-state index contributed by atoms with van der Waals surface area (Å²) in [6.07, 6.45) is 6.84. The van der Waals surface area contributed by atoms with E-state index >= 15 is 0 Å². The lowest BCUT2D eigenvalue weighted by atomic mass is 9.92. The van der Waals surface area contributed by atoms with Gasteiger partial charge in [-0.3, -0.25) is 9.89 Å². The zero-order valence-electron chi connectivity index (χ0n) is 19.5. The standard InChI is InChI=1S/C23H40N6O.HI/c1-4-20(5-2)21(28-12-14-30-15-13-28)18-27-23(24-3)26-17-19-8-9-25-22(16-19)29-10-6-7-11-29;/h8-9,16,20-21H,4-7,10-15,17-18H2,1-3H3,(H2,24,26,27);1H. The van der Waals surface area contributed by atoms with Crippen molar-refractivity contribution in [1.29, 1.82) is 0 Å². The van der Waals surface area contributed by atoms with Crippen LogP contribution in [0.4, 0.5) is 5.82 Å². The summed E-state index contributed by atoms with van der Waals surface area (Å²) >= 11 is 0. The molecule has 176 valence electrons. The number of rotatable bonds is 9. The highest BCUT2D eigenvalue weighted by molar-refractivity contribution is 14.0. The summed E-state index contributed by atoms with van der Waals surface area (Å²) in [7, 11) is 1.85. The van der Waals surface area contributed by atoms with Crippen LogP contribution in [0.1, 0.15) is 45.1 Å². The molecule has 0 aromatic carbocycles. The fourth-order valence-corrected chi connectivity index (χ4v) is 4.63. The van der Waals surface area contributed by atoms with Gasteiger partial charge in [0.05, 0.1) is 13.2 Å². The average Bonchev–Trinajstić information content (AvgIpc) is 3.34. The van der Waals surface area contributed by atoms with E-state index in [-0.39, 0.29) is 24.0 Å². The SMILES string of the molecule is CCC(CC)C(CNC(=NC)NCc1ccnc(N2CCCC2)c1)N1CCOCC1.I. The molecule has 1 atom stereocenters. The van der Waals surface area contributed by atoms with Gasteiger partial charge in [-0.1, -0.05) is 26.7 Å². The third-order valence-electron chi connectivity index (χ3n) is 6.51. The Morgan fingerprint density at radius 1 is 1.13 bits per heavy atom. The van der Waals surface area contributed by atoms with Gasteiger partial charge in [-0.05, 0) is 36.5 Å². The molecule has 0 spiro atoms. The van der Waals surface area contributed by atoms with Crippen LogP contribution in [-0.4, -0.2) is 74.9 Å². The lowest BCUT2D eigenvalue weighted by molar-refractivity contribution is 0.00272. The molecule has 0 saturated carbocycles. The topological polar surface area (TPSA) is 65.0 Å². The fraction of sp³-hybridized carbons (Fsp3) is 0.739. The average molecular weight is 545 g/mol. The van der Waals surface area contributed by atoms with Gasteiger partial charge in [-0.2, -0.15) is 0 Å². The van der Waals surface area contributed by atoms with Gasteiger partial charge in [0.25, 0.3) is 0 Å². The van der Waals surface area contributed by atoms with Crippen LogP contribution in [0.3, 0.4) is 0 Å². The van der Waals surface area contributed by atoms with E-state index in [4.69, 9.17) is 4.74 Å². The lowest BCUT2D eigenvalue weighted by Gasteiger charge is -2.39. The van der Waals surface area contributed by atoms with Crippen LogP contribution >= 0.6 is 24.0 Å². The summed E-state index contributed by atoms with van der Waals surface area (Å²) in [6.45, 7) is 12.2. The van der Waals surface area contributed by atoms with E-state index in [1.165, 1.54) is 31.2 Å². The Hall–Kier alpha value is -1.13. The quantitative estimate of drug-likeness (QED) is 0.283. The van der Waals surface area contributed by atoms with Crippen LogP contribution in [-0.2, 0) is 11.3 Å². The molecule has 1 aromatic rings. The maximum Gasteiger partial charge on any atom is 0.191 e. The first kappa shape index (κ1) is 26.1. The zero-order valence-corrected chi connectivity index (χ0v) is 21.8. The Kier molecular flexibility index (Phi) is 11.9. The van der Waals surface area contributed by atoms with Gasteiger partial charge in [-0.15, -0.1) is 24.0 Å². The number of anilines is 1. The molecule has 3 rings (SSSR count). The molecule has 8 heteroatoms. The molecule has 0 bridgehead atoms. The predicted octanol–water partition coefficient (Wildman–Crippen LogP) is 3.10. The molecule has 1 aromatic heterocycles. The molecule has 0 radical (unpaired) electrons. The summed E-state index contributed by atoms with van der Waals surface area (Å²) in [5, 5.41) is 7.07. The maximum absolute atomic E-state index is 5.57. The van der Waals surface area contributed by atoms with E-state index in [2.05, 4.69) is 56.4 Å². The van der Waals surface area contributed by atoms with Crippen LogP contribution in [0.2, 0.25) is 0 Å². The summed E-state index contributed by atoms with van der Waals surface area (Å²) < 4.78 is 5.57. The van der Waals surface area contributed by atoms with E-state index < -0.39 is 0 Å². The van der Waals surface area contributed by atoms with Crippen molar-refractivity contribution < 1.29 is 4.74 Å². The van der Waals surface area contributed by atoms with Gasteiger partial charge < -0.3 is 20.3 Å². The molecule has 2 saturated heterocycles. The van der Waals surface area contributed by atoms with E-state index in [0.29, 0.717) is 12.0 Å². The number of guanidine groups is 1. The molecular formula is C23H41IN6O. The number of halogens is 1. The van der Waals surface area contributed by atoms with E-state index in [1.54, 1.807) is 0 Å². The van der Waals surface area contributed by atoms with Crippen LogP contribution in [0.15, 0.2) is 23.3 Å². The second-order valence-corrected chi connectivity index (χ2v) is 8.32. The number of aliphatic imine (C=N–C) groups is 1. The zero-order chi connectivity index (χ0) is 21.2. The minimum atomic E-state index is 0. The highest BCUT2D eigenvalue weighted by Gasteiger charge is 2.27. The summed E-state index contributed by atoms with van der Waals surface area (Å²) in [5.41, 5.74) is 1.24. The van der Waals surface area contributed by atoms with Crippen molar-refractivity contribution in [1.82, 2.24) is 20.5 Å². The van der Waals surface area contributed by atoms with Crippen LogP contribution < -0.4 is 15.5 Å². The number of hydrogen-bond acceptors (Lipinski definition) is 5. The minimum absolute atomic E-state index is 0. The molecule has 2 N–H and O–H groups in total. The molecule has 3 heterocycles. The van der Waals surface area contributed by atoms with Crippen molar-refractivity contribution >= 4 is 35.8 Å². The minimum Gasteiger partial charge on any atom is -0.379 e.